The molecule has 0 unspecified atom stereocenters. The molecular weight excluding hydrogens is 274 g/mol. The van der Waals surface area contributed by atoms with E-state index in [0.717, 1.165) is 29.0 Å². The fourth-order valence-corrected chi connectivity index (χ4v) is 2.70. The molecule has 1 amide bonds. The molecule has 0 atom stereocenters. The Balaban J connectivity index is 2.40. The van der Waals surface area contributed by atoms with Crippen molar-refractivity contribution in [3.63, 3.8) is 0 Å². The highest BCUT2D eigenvalue weighted by Crippen LogP contribution is 2.28. The zero-order valence-corrected chi connectivity index (χ0v) is 12.8. The van der Waals surface area contributed by atoms with E-state index in [4.69, 9.17) is 5.73 Å². The number of anilines is 2. The van der Waals surface area contributed by atoms with E-state index in [1.54, 1.807) is 19.0 Å². The number of aromatic nitrogens is 2. The molecule has 2 rings (SSSR count). The maximum absolute atomic E-state index is 12.0. The van der Waals surface area contributed by atoms with E-state index in [0.29, 0.717) is 6.54 Å². The Morgan fingerprint density at radius 2 is 2.15 bits per heavy atom. The Kier molecular flexibility index (Phi) is 4.39. The van der Waals surface area contributed by atoms with Crippen LogP contribution >= 0.6 is 11.3 Å². The van der Waals surface area contributed by atoms with Crippen LogP contribution in [0, 0.1) is 0 Å². The smallest absolute Gasteiger partial charge is 0.241 e. The first-order valence-corrected chi connectivity index (χ1v) is 7.36. The zero-order chi connectivity index (χ0) is 14.7. The highest BCUT2D eigenvalue weighted by molar-refractivity contribution is 7.16. The number of rotatable bonds is 5. The normalized spacial score (nSPS) is 10.8. The van der Waals surface area contributed by atoms with E-state index in [9.17, 15) is 4.79 Å². The minimum absolute atomic E-state index is 0.0408. The third kappa shape index (κ3) is 2.98. The highest BCUT2D eigenvalue weighted by atomic mass is 32.1. The monoisotopic (exact) mass is 293 g/mol. The maximum Gasteiger partial charge on any atom is 0.241 e. The fourth-order valence-electron chi connectivity index (χ4n) is 1.93. The molecule has 0 radical (unpaired) electrons. The minimum atomic E-state index is 0.0408. The van der Waals surface area contributed by atoms with Gasteiger partial charge >= 0.3 is 0 Å². The lowest BCUT2D eigenvalue weighted by Gasteiger charge is -2.24. The van der Waals surface area contributed by atoms with Crippen LogP contribution in [0.4, 0.5) is 11.8 Å². The van der Waals surface area contributed by atoms with Crippen LogP contribution in [-0.2, 0) is 4.79 Å². The Morgan fingerprint density at radius 3 is 2.80 bits per heavy atom. The Morgan fingerprint density at radius 1 is 1.40 bits per heavy atom. The summed E-state index contributed by atoms with van der Waals surface area (Å²) in [5.41, 5.74) is 5.77. The standard InChI is InChI=1S/C13H19N5OS/c1-4-6-18(8-10(19)17(2)3)11-9-5-7-20-12(9)16-13(14)15-11/h5,7H,4,6,8H2,1-3H3,(H2,14,15,16). The van der Waals surface area contributed by atoms with Crippen molar-refractivity contribution in [2.75, 3.05) is 37.8 Å². The molecular formula is C13H19N5OS. The lowest BCUT2D eigenvalue weighted by molar-refractivity contribution is -0.127. The molecule has 0 spiro atoms. The van der Waals surface area contributed by atoms with Crippen LogP contribution in [0.15, 0.2) is 11.4 Å². The van der Waals surface area contributed by atoms with Crippen molar-refractivity contribution in [3.8, 4) is 0 Å². The zero-order valence-electron chi connectivity index (χ0n) is 12.0. The van der Waals surface area contributed by atoms with Crippen molar-refractivity contribution >= 4 is 39.2 Å². The summed E-state index contributed by atoms with van der Waals surface area (Å²) < 4.78 is 0. The first kappa shape index (κ1) is 14.5. The van der Waals surface area contributed by atoms with Crippen molar-refractivity contribution in [2.45, 2.75) is 13.3 Å². The average Bonchev–Trinajstić information content (AvgIpc) is 2.84. The molecule has 0 bridgehead atoms. The number of nitrogens with two attached hydrogens (primary N) is 1. The average molecular weight is 293 g/mol. The number of carbonyl (C=O) groups is 1. The molecule has 2 N–H and O–H groups in total. The molecule has 20 heavy (non-hydrogen) atoms. The maximum atomic E-state index is 12.0. The van der Waals surface area contributed by atoms with Gasteiger partial charge in [-0.3, -0.25) is 4.79 Å². The van der Waals surface area contributed by atoms with Crippen LogP contribution in [0.3, 0.4) is 0 Å². The number of hydrogen-bond acceptors (Lipinski definition) is 6. The van der Waals surface area contributed by atoms with Gasteiger partial charge in [0.05, 0.1) is 11.9 Å². The van der Waals surface area contributed by atoms with Gasteiger partial charge in [0.15, 0.2) is 0 Å². The molecule has 0 saturated heterocycles. The molecule has 0 aliphatic carbocycles. The van der Waals surface area contributed by atoms with E-state index >= 15 is 0 Å². The molecule has 0 aliphatic heterocycles. The lowest BCUT2D eigenvalue weighted by atomic mass is 10.3. The topological polar surface area (TPSA) is 75.4 Å². The van der Waals surface area contributed by atoms with E-state index < -0.39 is 0 Å². The number of likely N-dealkylation sites (N-methyl/N-ethyl adjacent to an activating group) is 1. The molecule has 0 aliphatic rings. The van der Waals surface area contributed by atoms with Gasteiger partial charge in [-0.15, -0.1) is 11.3 Å². The molecule has 108 valence electrons. The van der Waals surface area contributed by atoms with Crippen LogP contribution < -0.4 is 10.6 Å². The summed E-state index contributed by atoms with van der Waals surface area (Å²) in [6, 6.07) is 1.97. The van der Waals surface area contributed by atoms with Crippen molar-refractivity contribution < 1.29 is 4.79 Å². The lowest BCUT2D eigenvalue weighted by Crippen LogP contribution is -2.37. The van der Waals surface area contributed by atoms with Crippen LogP contribution in [0.5, 0.6) is 0 Å². The van der Waals surface area contributed by atoms with E-state index in [2.05, 4.69) is 16.9 Å². The van der Waals surface area contributed by atoms with Gasteiger partial charge in [0.1, 0.15) is 10.6 Å². The van der Waals surface area contributed by atoms with Gasteiger partial charge in [0.2, 0.25) is 11.9 Å². The second-order valence-corrected chi connectivity index (χ2v) is 5.65. The summed E-state index contributed by atoms with van der Waals surface area (Å²) in [5, 5.41) is 2.91. The minimum Gasteiger partial charge on any atom is -0.368 e. The third-order valence-corrected chi connectivity index (χ3v) is 3.75. The molecule has 2 aromatic rings. The van der Waals surface area contributed by atoms with Crippen molar-refractivity contribution in [1.82, 2.24) is 14.9 Å². The Labute approximate surface area is 122 Å². The second-order valence-electron chi connectivity index (χ2n) is 4.75. The first-order chi connectivity index (χ1) is 9.52. The van der Waals surface area contributed by atoms with Crippen molar-refractivity contribution in [1.29, 1.82) is 0 Å². The van der Waals surface area contributed by atoms with Gasteiger partial charge in [-0.2, -0.15) is 4.98 Å². The van der Waals surface area contributed by atoms with Crippen LogP contribution in [0.1, 0.15) is 13.3 Å². The van der Waals surface area contributed by atoms with E-state index in [1.807, 2.05) is 16.3 Å². The quantitative estimate of drug-likeness (QED) is 0.906. The molecule has 0 fully saturated rings. The van der Waals surface area contributed by atoms with Crippen molar-refractivity contribution in [2.24, 2.45) is 0 Å². The third-order valence-electron chi connectivity index (χ3n) is 2.94. The van der Waals surface area contributed by atoms with Crippen LogP contribution in [0.25, 0.3) is 10.2 Å². The number of fused-ring (bicyclic) bond motifs is 1. The highest BCUT2D eigenvalue weighted by Gasteiger charge is 2.17. The molecule has 0 aromatic carbocycles. The molecule has 6 nitrogen and oxygen atoms in total. The number of nitrogen functional groups attached to an aromatic ring is 1. The van der Waals surface area contributed by atoms with Crippen molar-refractivity contribution in [3.05, 3.63) is 11.4 Å². The predicted octanol–water partition coefficient (Wildman–Crippen LogP) is 1.58. The summed E-state index contributed by atoms with van der Waals surface area (Å²) in [7, 11) is 3.50. The van der Waals surface area contributed by atoms with Crippen LogP contribution in [0.2, 0.25) is 0 Å². The van der Waals surface area contributed by atoms with Gasteiger partial charge in [0, 0.05) is 20.6 Å². The molecule has 0 saturated carbocycles. The fraction of sp³-hybridized carbons (Fsp3) is 0.462. The molecule has 2 heterocycles. The number of nitrogens with zero attached hydrogens (tertiary/aromatic N) is 4. The van der Waals surface area contributed by atoms with Gasteiger partial charge in [-0.25, -0.2) is 4.98 Å². The molecule has 7 heteroatoms. The van der Waals surface area contributed by atoms with Gasteiger partial charge in [-0.05, 0) is 17.9 Å². The van der Waals surface area contributed by atoms with E-state index in [1.165, 1.54) is 11.3 Å². The number of hydrogen-bond donors (Lipinski definition) is 1. The predicted molar refractivity (Wildman–Crippen MR) is 83.0 cm³/mol. The summed E-state index contributed by atoms with van der Waals surface area (Å²) >= 11 is 1.52. The molecule has 2 aromatic heterocycles. The SMILES string of the molecule is CCCN(CC(=O)N(C)C)c1nc(N)nc2sccc12. The summed E-state index contributed by atoms with van der Waals surface area (Å²) in [6.07, 6.45) is 0.927. The summed E-state index contributed by atoms with van der Waals surface area (Å²) in [4.78, 5) is 24.9. The van der Waals surface area contributed by atoms with Gasteiger partial charge in [-0.1, -0.05) is 6.92 Å². The number of amides is 1. The van der Waals surface area contributed by atoms with Gasteiger partial charge < -0.3 is 15.5 Å². The summed E-state index contributed by atoms with van der Waals surface area (Å²) in [6.45, 7) is 3.12. The number of carbonyl (C=O) groups excluding carboxylic acids is 1. The first-order valence-electron chi connectivity index (χ1n) is 6.48. The Hall–Kier alpha value is -1.89. The Bertz CT molecular complexity index is 610. The van der Waals surface area contributed by atoms with E-state index in [-0.39, 0.29) is 11.9 Å². The van der Waals surface area contributed by atoms with Crippen LogP contribution in [-0.4, -0.2) is 48.0 Å². The van der Waals surface area contributed by atoms with Gasteiger partial charge in [0.25, 0.3) is 0 Å². The second kappa shape index (κ2) is 6.04. The largest absolute Gasteiger partial charge is 0.368 e. The summed E-state index contributed by atoms with van der Waals surface area (Å²) in [5.74, 6) is 1.03. The number of thiophene rings is 1.